The molecule has 3 heterocycles. The van der Waals surface area contributed by atoms with Gasteiger partial charge < -0.3 is 14.0 Å². The fourth-order valence-electron chi connectivity index (χ4n) is 2.59. The van der Waals surface area contributed by atoms with Gasteiger partial charge in [0.25, 0.3) is 0 Å². The van der Waals surface area contributed by atoms with Crippen molar-refractivity contribution in [1.29, 1.82) is 0 Å². The quantitative estimate of drug-likeness (QED) is 0.826. The van der Waals surface area contributed by atoms with Crippen LogP contribution in [0.5, 0.6) is 5.88 Å². The minimum Gasteiger partial charge on any atom is -0.478 e. The first-order valence-electron chi connectivity index (χ1n) is 7.53. The number of ether oxygens (including phenoxy) is 2. The fourth-order valence-corrected chi connectivity index (χ4v) is 2.59. The molecule has 0 aromatic carbocycles. The number of aromatic nitrogens is 4. The van der Waals surface area contributed by atoms with Crippen molar-refractivity contribution in [3.63, 3.8) is 0 Å². The number of rotatable bonds is 5. The van der Waals surface area contributed by atoms with E-state index >= 15 is 0 Å². The summed E-state index contributed by atoms with van der Waals surface area (Å²) in [6.07, 6.45) is 1.65. The largest absolute Gasteiger partial charge is 0.478 e. The summed E-state index contributed by atoms with van der Waals surface area (Å²) in [6, 6.07) is 5.89. The molecule has 7 heteroatoms. The van der Waals surface area contributed by atoms with Gasteiger partial charge >= 0.3 is 0 Å². The first-order chi connectivity index (χ1) is 10.8. The average Bonchev–Trinajstić information content (AvgIpc) is 2.94. The lowest BCUT2D eigenvalue weighted by atomic mass is 10.2. The Kier molecular flexibility index (Phi) is 4.65. The molecule has 0 spiro atoms. The van der Waals surface area contributed by atoms with Crippen molar-refractivity contribution in [2.45, 2.75) is 19.6 Å². The molecule has 1 saturated heterocycles. The molecule has 7 nitrogen and oxygen atoms in total. The molecule has 0 aliphatic carbocycles. The van der Waals surface area contributed by atoms with Crippen molar-refractivity contribution in [1.82, 2.24) is 24.6 Å². The second kappa shape index (κ2) is 6.85. The maximum atomic E-state index is 5.82. The van der Waals surface area contributed by atoms with Gasteiger partial charge in [0.2, 0.25) is 5.88 Å². The molecule has 1 atom stereocenters. The smallest absolute Gasteiger partial charge is 0.213 e. The topological polar surface area (TPSA) is 65.3 Å². The van der Waals surface area contributed by atoms with Crippen LogP contribution in [0.25, 0.3) is 0 Å². The van der Waals surface area contributed by atoms with E-state index in [1.165, 1.54) is 0 Å². The molecule has 0 saturated carbocycles. The summed E-state index contributed by atoms with van der Waals surface area (Å²) in [7, 11) is 1.94. The van der Waals surface area contributed by atoms with Gasteiger partial charge in [-0.15, -0.1) is 10.2 Å². The van der Waals surface area contributed by atoms with Crippen LogP contribution in [0.15, 0.2) is 24.5 Å². The summed E-state index contributed by atoms with van der Waals surface area (Å²) in [5.41, 5.74) is 1.00. The van der Waals surface area contributed by atoms with Crippen LogP contribution in [-0.4, -0.2) is 51.0 Å². The minimum atomic E-state index is -0.0451. The van der Waals surface area contributed by atoms with E-state index < -0.39 is 0 Å². The summed E-state index contributed by atoms with van der Waals surface area (Å²) < 4.78 is 13.2. The monoisotopic (exact) mass is 303 g/mol. The Morgan fingerprint density at radius 2 is 2.32 bits per heavy atom. The van der Waals surface area contributed by atoms with E-state index in [-0.39, 0.29) is 6.10 Å². The second-order valence-electron chi connectivity index (χ2n) is 5.29. The van der Waals surface area contributed by atoms with Gasteiger partial charge in [-0.1, -0.05) is 6.07 Å². The fraction of sp³-hybridized carbons (Fsp3) is 0.533. The zero-order valence-electron chi connectivity index (χ0n) is 13.0. The van der Waals surface area contributed by atoms with Crippen LogP contribution in [0.4, 0.5) is 0 Å². The van der Waals surface area contributed by atoms with E-state index in [1.807, 2.05) is 36.7 Å². The predicted octanol–water partition coefficient (Wildman–Crippen LogP) is 1.18. The summed E-state index contributed by atoms with van der Waals surface area (Å²) in [4.78, 5) is 6.84. The lowest BCUT2D eigenvalue weighted by molar-refractivity contribution is -0.0389. The van der Waals surface area contributed by atoms with Crippen molar-refractivity contribution >= 4 is 0 Å². The Morgan fingerprint density at radius 1 is 1.41 bits per heavy atom. The number of hydrogen-bond acceptors (Lipinski definition) is 6. The van der Waals surface area contributed by atoms with E-state index in [1.54, 1.807) is 6.33 Å². The molecule has 118 valence electrons. The van der Waals surface area contributed by atoms with E-state index in [0.717, 1.165) is 31.2 Å². The zero-order chi connectivity index (χ0) is 15.4. The van der Waals surface area contributed by atoms with Crippen molar-refractivity contribution < 1.29 is 9.47 Å². The average molecular weight is 303 g/mol. The Bertz CT molecular complexity index is 615. The molecular weight excluding hydrogens is 282 g/mol. The van der Waals surface area contributed by atoms with Crippen LogP contribution >= 0.6 is 0 Å². The van der Waals surface area contributed by atoms with Crippen molar-refractivity contribution in [3.8, 4) is 5.88 Å². The standard InChI is InChI=1S/C15H21N5O2/c1-3-21-14-6-4-5-12(17-14)9-20-7-8-22-13(10-20)15-18-16-11-19(15)2/h4-6,11,13H,3,7-10H2,1-2H3. The second-order valence-corrected chi connectivity index (χ2v) is 5.29. The lowest BCUT2D eigenvalue weighted by Gasteiger charge is -2.32. The number of aryl methyl sites for hydroxylation is 1. The SMILES string of the molecule is CCOc1cccc(CN2CCOC(c3nncn3C)C2)n1. The summed E-state index contributed by atoms with van der Waals surface area (Å²) in [6.45, 7) is 5.72. The van der Waals surface area contributed by atoms with Gasteiger partial charge in [-0.25, -0.2) is 4.98 Å². The number of morpholine rings is 1. The number of nitrogens with zero attached hydrogens (tertiary/aromatic N) is 5. The Labute approximate surface area is 129 Å². The normalized spacial score (nSPS) is 19.3. The van der Waals surface area contributed by atoms with Crippen LogP contribution in [0.2, 0.25) is 0 Å². The highest BCUT2D eigenvalue weighted by atomic mass is 16.5. The van der Waals surface area contributed by atoms with Gasteiger partial charge in [0.1, 0.15) is 12.4 Å². The molecule has 0 bridgehead atoms. The van der Waals surface area contributed by atoms with Gasteiger partial charge in [0.05, 0.1) is 18.9 Å². The highest BCUT2D eigenvalue weighted by Gasteiger charge is 2.25. The van der Waals surface area contributed by atoms with E-state index in [2.05, 4.69) is 20.1 Å². The van der Waals surface area contributed by atoms with Gasteiger partial charge in [-0.05, 0) is 13.0 Å². The van der Waals surface area contributed by atoms with E-state index in [9.17, 15) is 0 Å². The first-order valence-corrected chi connectivity index (χ1v) is 7.53. The Balaban J connectivity index is 1.65. The molecular formula is C15H21N5O2. The van der Waals surface area contributed by atoms with Crippen LogP contribution in [0.1, 0.15) is 24.5 Å². The molecule has 0 amide bonds. The summed E-state index contributed by atoms with van der Waals surface area (Å²) in [5.74, 6) is 1.54. The summed E-state index contributed by atoms with van der Waals surface area (Å²) >= 11 is 0. The first kappa shape index (κ1) is 14.9. The maximum Gasteiger partial charge on any atom is 0.213 e. The molecule has 22 heavy (non-hydrogen) atoms. The van der Waals surface area contributed by atoms with Crippen LogP contribution < -0.4 is 4.74 Å². The van der Waals surface area contributed by atoms with Crippen molar-refractivity contribution in [2.24, 2.45) is 7.05 Å². The number of hydrogen-bond donors (Lipinski definition) is 0. The van der Waals surface area contributed by atoms with Gasteiger partial charge in [0, 0.05) is 32.7 Å². The lowest BCUT2D eigenvalue weighted by Crippen LogP contribution is -2.38. The molecule has 0 N–H and O–H groups in total. The Hall–Kier alpha value is -1.99. The Morgan fingerprint density at radius 3 is 3.09 bits per heavy atom. The van der Waals surface area contributed by atoms with Crippen molar-refractivity contribution in [2.75, 3.05) is 26.3 Å². The molecule has 0 radical (unpaired) electrons. The third kappa shape index (κ3) is 3.42. The van der Waals surface area contributed by atoms with Crippen LogP contribution in [0.3, 0.4) is 0 Å². The van der Waals surface area contributed by atoms with Crippen LogP contribution in [0, 0.1) is 0 Å². The molecule has 1 aliphatic heterocycles. The highest BCUT2D eigenvalue weighted by Crippen LogP contribution is 2.21. The zero-order valence-corrected chi connectivity index (χ0v) is 13.0. The minimum absolute atomic E-state index is 0.0451. The molecule has 1 aliphatic rings. The molecule has 2 aromatic rings. The van der Waals surface area contributed by atoms with Gasteiger partial charge in [-0.3, -0.25) is 4.90 Å². The molecule has 2 aromatic heterocycles. The van der Waals surface area contributed by atoms with Crippen LogP contribution in [-0.2, 0) is 18.3 Å². The van der Waals surface area contributed by atoms with Gasteiger partial charge in [-0.2, -0.15) is 0 Å². The molecule has 1 fully saturated rings. The number of pyridine rings is 1. The highest BCUT2D eigenvalue weighted by molar-refractivity contribution is 5.15. The maximum absolute atomic E-state index is 5.82. The van der Waals surface area contributed by atoms with E-state index in [4.69, 9.17) is 9.47 Å². The summed E-state index contributed by atoms with van der Waals surface area (Å²) in [5, 5.41) is 8.07. The van der Waals surface area contributed by atoms with E-state index in [0.29, 0.717) is 19.1 Å². The molecule has 1 unspecified atom stereocenters. The van der Waals surface area contributed by atoms with Crippen molar-refractivity contribution in [3.05, 3.63) is 36.0 Å². The third-order valence-corrected chi connectivity index (χ3v) is 3.64. The third-order valence-electron chi connectivity index (χ3n) is 3.64. The predicted molar refractivity (Wildman–Crippen MR) is 80.4 cm³/mol. The molecule has 3 rings (SSSR count). The van der Waals surface area contributed by atoms with Gasteiger partial charge in [0.15, 0.2) is 5.82 Å².